The molecule has 23 nitrogen and oxygen atoms in total. The van der Waals surface area contributed by atoms with E-state index in [4.69, 9.17) is 86.5 Å². The zero-order chi connectivity index (χ0) is 94.6. The van der Waals surface area contributed by atoms with E-state index in [1.165, 1.54) is 180 Å². The number of rotatable bonds is 8. The van der Waals surface area contributed by atoms with Gasteiger partial charge >= 0.3 is 133 Å². The Morgan fingerprint density at radius 1 is 0.362 bits per heavy atom. The second-order valence-electron chi connectivity index (χ2n) is 40.3. The molecule has 4 aliphatic heterocycles. The molecule has 0 bridgehead atoms. The molecule has 0 spiro atoms. The Kier molecular flexibility index (Phi) is 77.3. The van der Waals surface area contributed by atoms with Gasteiger partial charge in [-0.3, -0.25) is 0 Å². The maximum atomic E-state index is 10.4. The topological polar surface area (TPSA) is 299 Å². The standard InChI is InChI=1S/C37H70N6O.C21H44N6.C18H39N5.C15H33N5.2C2H4.8ClH.4Mn/c1-26(23-40-24-28-25-43-35-7-5-4-6-34(35)42-21-19-39-17-16-38-18-20-41-28)31-10-11-32-30-9-8-27-22-29(44)12-14-36(27,2)33(30)13-15-37(31,32)3;22-11-5-6-17-16-27-21-10-4-3-9-20(21)26-15-14-25-19-8-2-1-7-18(19)24-13-12-23-17;1-18(2,3)15-4-5-16-17(14-15)23-13-11-21-9-7-19-6-8-20-10-12-22-16;1-2-4-14-15(5-3-1)20-13-11-18-9-7-16-6-8-17-10-12-19-14;2*1-2;;;;;;;;;;;;/h26-35,38-44H,4-25H2,1-3H3;17-21,23-27H,1-16,22H2;15-17,19-23H,4-14H2,1-3H3;14-20H,1-13H2;2*1-2H2;8*1H;;;;/q;;;;;;;;;;;;;;4*+2/p-8/t26-,27?,28?,29?,30?,31+,32?,33?,34?,35?,36-,37+;;15-,16-,17-;14-,15-;;;;;;;;;;;;;;/m0.11............../s1. The molecular weight excluding hydrogens is 1970 g/mol. The molecule has 4 saturated heterocycles. The fourth-order valence-corrected chi connectivity index (χ4v) is 24.4. The third-order valence-electron chi connectivity index (χ3n) is 31.2. The molecule has 13 rings (SSSR count). The number of hydrogen-bond donors (Lipinski definition) is 23. The zero-order valence-corrected chi connectivity index (χ0v) is 92.5. The Morgan fingerprint density at radius 2 is 0.677 bits per heavy atom. The Hall–Kier alpha value is 2.96. The average molecular weight is 2160 g/mol. The van der Waals surface area contributed by atoms with Crippen molar-refractivity contribution in [3.8, 4) is 0 Å². The molecule has 9 saturated carbocycles. The van der Waals surface area contributed by atoms with Crippen LogP contribution < -0.4 is 117 Å². The first-order chi connectivity index (χ1) is 63.4. The normalized spacial score (nSPS) is 35.1. The van der Waals surface area contributed by atoms with Gasteiger partial charge in [0.25, 0.3) is 0 Å². The van der Waals surface area contributed by atoms with E-state index >= 15 is 0 Å². The molecule has 22 atom stereocenters. The van der Waals surface area contributed by atoms with Gasteiger partial charge in [0.1, 0.15) is 0 Å². The predicted molar refractivity (Wildman–Crippen MR) is 551 cm³/mol. The summed E-state index contributed by atoms with van der Waals surface area (Å²) in [7, 11) is 38.4. The van der Waals surface area contributed by atoms with Gasteiger partial charge in [-0.1, -0.05) is 99.3 Å². The van der Waals surface area contributed by atoms with Gasteiger partial charge in [0, 0.05) is 262 Å². The molecule has 0 aromatic carbocycles. The van der Waals surface area contributed by atoms with Crippen LogP contribution in [-0.2, 0) is 52.5 Å². The molecule has 774 valence electrons. The summed E-state index contributed by atoms with van der Waals surface area (Å²) in [6.07, 6.45) is 41.0. The van der Waals surface area contributed by atoms with E-state index in [-0.39, 0.29) is 58.6 Å². The van der Waals surface area contributed by atoms with E-state index in [0.29, 0.717) is 88.7 Å². The molecule has 0 amide bonds. The Labute approximate surface area is 854 Å². The van der Waals surface area contributed by atoms with Crippen molar-refractivity contribution in [3.63, 3.8) is 0 Å². The third kappa shape index (κ3) is 51.1. The first-order valence-electron chi connectivity index (χ1n) is 51.5. The predicted octanol–water partition coefficient (Wildman–Crippen LogP) is 11.8. The molecule has 35 heteroatoms. The van der Waals surface area contributed by atoms with Crippen molar-refractivity contribution in [1.82, 2.24) is 112 Å². The van der Waals surface area contributed by atoms with Gasteiger partial charge in [-0.15, -0.1) is 26.3 Å². The summed E-state index contributed by atoms with van der Waals surface area (Å²) in [5.74, 6) is 5.94. The van der Waals surface area contributed by atoms with E-state index in [1.807, 2.05) is 0 Å². The molecular formula is C95H194Cl8Mn4N22O. The van der Waals surface area contributed by atoms with Gasteiger partial charge < -0.3 is 122 Å². The van der Waals surface area contributed by atoms with Crippen LogP contribution in [-0.4, -0.2) is 287 Å². The monoisotopic (exact) mass is 2160 g/mol. The molecule has 130 heavy (non-hydrogen) atoms. The molecule has 0 aromatic heterocycles. The van der Waals surface area contributed by atoms with Crippen LogP contribution in [0.5, 0.6) is 0 Å². The molecule has 13 unspecified atom stereocenters. The molecule has 9 aliphatic carbocycles. The van der Waals surface area contributed by atoms with Gasteiger partial charge in [0.05, 0.1) is 6.10 Å². The van der Waals surface area contributed by atoms with Gasteiger partial charge in [0.2, 0.25) is 0 Å². The van der Waals surface area contributed by atoms with Crippen molar-refractivity contribution in [2.45, 2.75) is 319 Å². The van der Waals surface area contributed by atoms with E-state index in [9.17, 15) is 5.11 Å². The Bertz CT molecular complexity index is 2580. The first-order valence-corrected chi connectivity index (χ1v) is 64.5. The van der Waals surface area contributed by atoms with Gasteiger partial charge in [-0.2, -0.15) is 0 Å². The van der Waals surface area contributed by atoms with Gasteiger partial charge in [-0.05, 0) is 212 Å². The number of nitrogens with one attached hydrogen (secondary N) is 21. The van der Waals surface area contributed by atoms with Crippen molar-refractivity contribution < 1.29 is 57.6 Å². The first kappa shape index (κ1) is 125. The van der Waals surface area contributed by atoms with Crippen LogP contribution in [0.1, 0.15) is 241 Å². The number of aliphatic hydroxyl groups excluding tert-OH is 1. The van der Waals surface area contributed by atoms with Gasteiger partial charge in [0.15, 0.2) is 0 Å². The average Bonchev–Trinajstić information content (AvgIpc) is 1.67. The Balaban J connectivity index is 0.000000358. The van der Waals surface area contributed by atoms with Crippen LogP contribution in [0.15, 0.2) is 26.3 Å². The summed E-state index contributed by atoms with van der Waals surface area (Å²) in [5.41, 5.74) is 7.21. The summed E-state index contributed by atoms with van der Waals surface area (Å²) in [5, 5.41) is 88.7. The summed E-state index contributed by atoms with van der Waals surface area (Å²) in [6.45, 7) is 59.8. The summed E-state index contributed by atoms with van der Waals surface area (Å²) < 4.78 is 0. The quantitative estimate of drug-likeness (QED) is 0.0793. The van der Waals surface area contributed by atoms with Crippen molar-refractivity contribution in [2.75, 3.05) is 203 Å². The van der Waals surface area contributed by atoms with Crippen molar-refractivity contribution in [3.05, 3.63) is 26.3 Å². The van der Waals surface area contributed by atoms with Crippen molar-refractivity contribution >= 4 is 80.8 Å². The number of nitrogens with two attached hydrogens (primary N) is 1. The van der Waals surface area contributed by atoms with Crippen LogP contribution in [0.3, 0.4) is 0 Å². The molecule has 0 aromatic rings. The molecule has 4 heterocycles. The second kappa shape index (κ2) is 80.2. The zero-order valence-electron chi connectivity index (χ0n) is 81.8. The molecule has 13 aliphatic rings. The van der Waals surface area contributed by atoms with E-state index < -0.39 is 0 Å². The minimum atomic E-state index is -0.0340. The third-order valence-corrected chi connectivity index (χ3v) is 31.2. The fraction of sp³-hybridized carbons (Fsp3) is 0.958. The van der Waals surface area contributed by atoms with E-state index in [1.54, 1.807) is 0 Å². The van der Waals surface area contributed by atoms with E-state index in [2.05, 4.69) is 180 Å². The van der Waals surface area contributed by atoms with Gasteiger partial charge in [-0.25, -0.2) is 0 Å². The molecule has 24 N–H and O–H groups in total. The molecule has 0 radical (unpaired) electrons. The van der Waals surface area contributed by atoms with Crippen LogP contribution in [0.4, 0.5) is 0 Å². The summed E-state index contributed by atoms with van der Waals surface area (Å²) in [6, 6.07) is 7.25. The number of hydrogen-bond acceptors (Lipinski definition) is 23. The van der Waals surface area contributed by atoms with Crippen LogP contribution in [0.25, 0.3) is 0 Å². The summed E-state index contributed by atoms with van der Waals surface area (Å²) in [4.78, 5) is 0. The minimum absolute atomic E-state index is 0.00694. The van der Waals surface area contributed by atoms with E-state index in [0.717, 1.165) is 264 Å². The maximum absolute atomic E-state index is 10.4. The van der Waals surface area contributed by atoms with Crippen LogP contribution in [0.2, 0.25) is 0 Å². The second-order valence-corrected chi connectivity index (χ2v) is 48.1. The Morgan fingerprint density at radius 3 is 1.07 bits per heavy atom. The SMILES string of the molecule is C1CC[C@H]2NCCNCCNCCNCCN[C@@H]2CC1.C=C.C=C.CC(C)(C)[C@@H]1CC[C@H]2NCCNCCNCCNCCN[C@@H]2C1.C[C@@H](CNCC1CNC2CCCCC2NCCNCCNCCN1)[C@H]1CCC2C3CCC4CC(O)CC[C@]4(C)C3CC[C@@]21C.NCCCC1CNC2CCCCC2NCCNC2CCCCC2NCCN1.[Cl][Mn][Cl].[Cl][Mn][Cl].[Cl][Mn][Cl].[Cl][Mn][Cl]. The van der Waals surface area contributed by atoms with Crippen molar-refractivity contribution in [2.24, 2.45) is 63.4 Å². The van der Waals surface area contributed by atoms with Crippen LogP contribution >= 0.6 is 80.8 Å². The molecule has 13 fully saturated rings. The van der Waals surface area contributed by atoms with Crippen LogP contribution in [0, 0.1) is 57.7 Å². The number of fused-ring (bicyclic) bond motifs is 10. The number of aliphatic hydroxyl groups is 1. The fourth-order valence-electron chi connectivity index (χ4n) is 24.4. The van der Waals surface area contributed by atoms with Crippen molar-refractivity contribution in [1.29, 1.82) is 0 Å². The number of halogens is 8. The summed E-state index contributed by atoms with van der Waals surface area (Å²) >= 11 is 0.0278.